The van der Waals surface area contributed by atoms with Gasteiger partial charge in [-0.1, -0.05) is 35.5 Å². The predicted octanol–water partition coefficient (Wildman–Crippen LogP) is 3.48. The van der Waals surface area contributed by atoms with Gasteiger partial charge in [0, 0.05) is 22.9 Å². The van der Waals surface area contributed by atoms with Crippen LogP contribution in [0, 0.1) is 13.8 Å². The van der Waals surface area contributed by atoms with Crippen molar-refractivity contribution in [2.24, 2.45) is 0 Å². The summed E-state index contributed by atoms with van der Waals surface area (Å²) in [5.41, 5.74) is 3.21. The first-order valence-electron chi connectivity index (χ1n) is 8.49. The molecule has 1 N–H and O–H groups in total. The number of nitrogens with zero attached hydrogens (tertiary/aromatic N) is 4. The zero-order chi connectivity index (χ0) is 19.1. The number of hydrogen-bond donors (Lipinski definition) is 1. The quantitative estimate of drug-likeness (QED) is 0.423. The van der Waals surface area contributed by atoms with Crippen molar-refractivity contribution in [1.29, 1.82) is 0 Å². The number of thioether (sulfide) groups is 2. The molecule has 3 aromatic rings. The molecule has 1 amide bonds. The molecular formula is C18H21N5OS3. The van der Waals surface area contributed by atoms with Crippen LogP contribution in [0.4, 0.5) is 0 Å². The van der Waals surface area contributed by atoms with E-state index in [-0.39, 0.29) is 5.91 Å². The van der Waals surface area contributed by atoms with E-state index < -0.39 is 0 Å². The van der Waals surface area contributed by atoms with E-state index in [2.05, 4.69) is 51.3 Å². The Labute approximate surface area is 171 Å². The highest BCUT2D eigenvalue weighted by atomic mass is 32.2. The molecule has 3 rings (SSSR count). The van der Waals surface area contributed by atoms with Crippen LogP contribution in [0.25, 0.3) is 5.69 Å². The first-order chi connectivity index (χ1) is 13.1. The minimum Gasteiger partial charge on any atom is -0.355 e. The lowest BCUT2D eigenvalue weighted by Gasteiger charge is -2.08. The molecule has 0 radical (unpaired) electrons. The summed E-state index contributed by atoms with van der Waals surface area (Å²) >= 11 is 4.93. The second kappa shape index (κ2) is 9.91. The van der Waals surface area contributed by atoms with Crippen molar-refractivity contribution in [1.82, 2.24) is 25.5 Å². The topological polar surface area (TPSA) is 72.7 Å². The molecule has 0 aliphatic carbocycles. The van der Waals surface area contributed by atoms with Crippen LogP contribution in [-0.2, 0) is 10.5 Å². The van der Waals surface area contributed by atoms with Gasteiger partial charge in [-0.15, -0.1) is 16.4 Å². The van der Waals surface area contributed by atoms with Gasteiger partial charge in [-0.3, -0.25) is 4.79 Å². The average molecular weight is 420 g/mol. The highest BCUT2D eigenvalue weighted by Gasteiger charge is 2.13. The smallest absolute Gasteiger partial charge is 0.230 e. The second-order valence-electron chi connectivity index (χ2n) is 5.93. The van der Waals surface area contributed by atoms with Crippen molar-refractivity contribution in [3.8, 4) is 5.69 Å². The van der Waals surface area contributed by atoms with Gasteiger partial charge >= 0.3 is 0 Å². The number of amides is 1. The van der Waals surface area contributed by atoms with Gasteiger partial charge < -0.3 is 5.32 Å². The lowest BCUT2D eigenvalue weighted by Crippen LogP contribution is -2.27. The Morgan fingerprint density at radius 1 is 1.30 bits per heavy atom. The van der Waals surface area contributed by atoms with Crippen molar-refractivity contribution >= 4 is 40.8 Å². The summed E-state index contributed by atoms with van der Waals surface area (Å²) in [5.74, 6) is 2.18. The number of carbonyl (C=O) groups is 1. The summed E-state index contributed by atoms with van der Waals surface area (Å²) in [4.78, 5) is 13.4. The Kier molecular flexibility index (Phi) is 7.31. The molecule has 9 heteroatoms. The molecule has 0 atom stereocenters. The van der Waals surface area contributed by atoms with Crippen LogP contribution in [0.2, 0.25) is 0 Å². The average Bonchev–Trinajstić information content (AvgIpc) is 3.31. The Balaban J connectivity index is 1.43. The molecule has 0 fully saturated rings. The summed E-state index contributed by atoms with van der Waals surface area (Å²) < 4.78 is 1.68. The molecule has 0 aliphatic heterocycles. The molecule has 0 aliphatic rings. The molecule has 0 saturated heterocycles. The van der Waals surface area contributed by atoms with Crippen molar-refractivity contribution in [3.63, 3.8) is 0 Å². The maximum atomic E-state index is 12.1. The second-order valence-corrected chi connectivity index (χ2v) is 9.01. The number of aromatic nitrogens is 4. The van der Waals surface area contributed by atoms with Gasteiger partial charge in [-0.25, -0.2) is 0 Å². The first-order valence-corrected chi connectivity index (χ1v) is 11.5. The Morgan fingerprint density at radius 2 is 2.19 bits per heavy atom. The Bertz CT molecular complexity index is 879. The molecular weight excluding hydrogens is 398 g/mol. The van der Waals surface area contributed by atoms with E-state index in [0.717, 1.165) is 22.8 Å². The number of rotatable bonds is 9. The first kappa shape index (κ1) is 19.9. The number of thiophene rings is 1. The van der Waals surface area contributed by atoms with E-state index in [1.807, 2.05) is 30.8 Å². The fourth-order valence-electron chi connectivity index (χ4n) is 2.47. The zero-order valence-electron chi connectivity index (χ0n) is 15.2. The molecule has 6 nitrogen and oxygen atoms in total. The van der Waals surface area contributed by atoms with Gasteiger partial charge in [0.05, 0.1) is 11.4 Å². The summed E-state index contributed by atoms with van der Waals surface area (Å²) in [6.07, 6.45) is 0. The monoisotopic (exact) mass is 419 g/mol. The van der Waals surface area contributed by atoms with Gasteiger partial charge in [0.1, 0.15) is 0 Å². The molecule has 0 bridgehead atoms. The molecule has 0 unspecified atom stereocenters. The fraction of sp³-hybridized carbons (Fsp3) is 0.333. The molecule has 1 aromatic carbocycles. The SMILES string of the molecule is Cc1ccc(-n2nnnc2SCC(=O)NCCSCc2cccs2)c(C)c1. The van der Waals surface area contributed by atoms with Crippen molar-refractivity contribution in [3.05, 3.63) is 51.7 Å². The number of carbonyl (C=O) groups excluding carboxylic acids is 1. The van der Waals surface area contributed by atoms with Gasteiger partial charge in [0.15, 0.2) is 0 Å². The number of nitrogens with one attached hydrogen (secondary N) is 1. The Morgan fingerprint density at radius 3 is 2.96 bits per heavy atom. The van der Waals surface area contributed by atoms with Crippen LogP contribution in [0.3, 0.4) is 0 Å². The molecule has 142 valence electrons. The zero-order valence-corrected chi connectivity index (χ0v) is 17.7. The number of hydrogen-bond acceptors (Lipinski definition) is 7. The summed E-state index contributed by atoms with van der Waals surface area (Å²) in [6.45, 7) is 4.74. The highest BCUT2D eigenvalue weighted by Crippen LogP contribution is 2.21. The lowest BCUT2D eigenvalue weighted by atomic mass is 10.1. The largest absolute Gasteiger partial charge is 0.355 e. The maximum absolute atomic E-state index is 12.1. The molecule has 2 aromatic heterocycles. The van der Waals surface area contributed by atoms with E-state index in [1.165, 1.54) is 22.2 Å². The van der Waals surface area contributed by atoms with Crippen LogP contribution < -0.4 is 5.32 Å². The van der Waals surface area contributed by atoms with Crippen molar-refractivity contribution < 1.29 is 4.79 Å². The van der Waals surface area contributed by atoms with Gasteiger partial charge in [0.25, 0.3) is 0 Å². The van der Waals surface area contributed by atoms with E-state index in [4.69, 9.17) is 0 Å². The van der Waals surface area contributed by atoms with Crippen LogP contribution >= 0.6 is 34.9 Å². The molecule has 0 saturated carbocycles. The van der Waals surface area contributed by atoms with E-state index in [9.17, 15) is 4.79 Å². The number of aryl methyl sites for hydroxylation is 2. The van der Waals surface area contributed by atoms with Crippen LogP contribution in [0.15, 0.2) is 40.9 Å². The highest BCUT2D eigenvalue weighted by molar-refractivity contribution is 7.99. The minimum absolute atomic E-state index is 0.00750. The van der Waals surface area contributed by atoms with Gasteiger partial charge in [-0.05, 0) is 47.4 Å². The van der Waals surface area contributed by atoms with Gasteiger partial charge in [-0.2, -0.15) is 16.4 Å². The third kappa shape index (κ3) is 5.82. The minimum atomic E-state index is -0.00750. The van der Waals surface area contributed by atoms with Crippen molar-refractivity contribution in [2.75, 3.05) is 18.1 Å². The lowest BCUT2D eigenvalue weighted by molar-refractivity contribution is -0.118. The van der Waals surface area contributed by atoms with E-state index in [1.54, 1.807) is 16.0 Å². The van der Waals surface area contributed by atoms with E-state index >= 15 is 0 Å². The summed E-state index contributed by atoms with van der Waals surface area (Å²) in [7, 11) is 0. The normalized spacial score (nSPS) is 10.9. The van der Waals surface area contributed by atoms with Crippen LogP contribution in [0.5, 0.6) is 0 Å². The Hall–Kier alpha value is -1.84. The fourth-order valence-corrected chi connectivity index (χ4v) is 4.89. The van der Waals surface area contributed by atoms with Gasteiger partial charge in [0.2, 0.25) is 11.1 Å². The third-order valence-electron chi connectivity index (χ3n) is 3.75. The maximum Gasteiger partial charge on any atom is 0.230 e. The molecule has 27 heavy (non-hydrogen) atoms. The number of benzene rings is 1. The molecule has 0 spiro atoms. The third-order valence-corrected chi connectivity index (χ3v) is 6.73. The summed E-state index contributed by atoms with van der Waals surface area (Å²) in [6, 6.07) is 10.3. The predicted molar refractivity (Wildman–Crippen MR) is 113 cm³/mol. The van der Waals surface area contributed by atoms with Crippen LogP contribution in [0.1, 0.15) is 16.0 Å². The van der Waals surface area contributed by atoms with Crippen molar-refractivity contribution in [2.45, 2.75) is 24.8 Å². The molecule has 2 heterocycles. The summed E-state index contributed by atoms with van der Waals surface area (Å²) in [5, 5.41) is 17.5. The standard InChI is InChI=1S/C18H21N5OS3/c1-13-5-6-16(14(2)10-13)23-18(20-21-22-23)27-12-17(24)19-7-9-25-11-15-4-3-8-26-15/h3-6,8,10H,7,9,11-12H2,1-2H3,(H,19,24). The van der Waals surface area contributed by atoms with E-state index in [0.29, 0.717) is 17.5 Å². The van der Waals surface area contributed by atoms with Crippen LogP contribution in [-0.4, -0.2) is 44.2 Å². The number of tetrazole rings is 1.